The van der Waals surface area contributed by atoms with Gasteiger partial charge in [0, 0.05) is 12.7 Å². The second kappa shape index (κ2) is 9.14. The van der Waals surface area contributed by atoms with Crippen LogP contribution in [0.5, 0.6) is 0 Å². The van der Waals surface area contributed by atoms with E-state index in [1.54, 1.807) is 6.21 Å². The Morgan fingerprint density at radius 2 is 1.76 bits per heavy atom. The molecule has 2 rings (SSSR count). The van der Waals surface area contributed by atoms with Gasteiger partial charge in [0.1, 0.15) is 0 Å². The van der Waals surface area contributed by atoms with Gasteiger partial charge in [0.15, 0.2) is 0 Å². The first-order valence-electron chi connectivity index (χ1n) is 8.63. The van der Waals surface area contributed by atoms with Crippen molar-refractivity contribution in [2.45, 2.75) is 39.8 Å². The molecule has 0 aliphatic heterocycles. The van der Waals surface area contributed by atoms with Gasteiger partial charge in [0.2, 0.25) is 12.0 Å². The smallest absolute Gasteiger partial charge is 0.213 e. The van der Waals surface area contributed by atoms with Crippen molar-refractivity contribution in [2.24, 2.45) is 5.10 Å². The lowest BCUT2D eigenvalue weighted by Crippen LogP contribution is -2.36. The molecule has 25 heavy (non-hydrogen) atoms. The van der Waals surface area contributed by atoms with Crippen molar-refractivity contribution in [3.63, 3.8) is 0 Å². The fourth-order valence-corrected chi connectivity index (χ4v) is 2.88. The Morgan fingerprint density at radius 3 is 2.28 bits per heavy atom. The molecular formula is C21H26N2O2. The molecule has 4 nitrogen and oxygen atoms in total. The van der Waals surface area contributed by atoms with E-state index >= 15 is 0 Å². The molecule has 1 N–H and O–H groups in total. The number of methoxy groups -OCH3 is 1. The van der Waals surface area contributed by atoms with Crippen molar-refractivity contribution in [3.8, 4) is 0 Å². The molecule has 0 saturated heterocycles. The van der Waals surface area contributed by atoms with E-state index in [0.29, 0.717) is 0 Å². The highest BCUT2D eigenvalue weighted by molar-refractivity contribution is 6.02. The highest BCUT2D eigenvalue weighted by Gasteiger charge is 2.24. The van der Waals surface area contributed by atoms with Crippen molar-refractivity contribution < 1.29 is 9.53 Å². The molecule has 4 heteroatoms. The molecule has 0 aliphatic carbocycles. The first-order valence-corrected chi connectivity index (χ1v) is 8.63. The van der Waals surface area contributed by atoms with Gasteiger partial charge in [0.05, 0.1) is 6.21 Å². The predicted octanol–water partition coefficient (Wildman–Crippen LogP) is 3.90. The number of hydrazone groups is 1. The molecular weight excluding hydrogens is 312 g/mol. The van der Waals surface area contributed by atoms with Gasteiger partial charge in [-0.1, -0.05) is 61.9 Å². The maximum atomic E-state index is 13.0. The van der Waals surface area contributed by atoms with Gasteiger partial charge in [-0.05, 0) is 36.5 Å². The lowest BCUT2D eigenvalue weighted by Gasteiger charge is -2.19. The summed E-state index contributed by atoms with van der Waals surface area (Å²) in [7, 11) is 1.51. The second-order valence-electron chi connectivity index (χ2n) is 5.94. The van der Waals surface area contributed by atoms with Crippen molar-refractivity contribution in [1.82, 2.24) is 5.43 Å². The van der Waals surface area contributed by atoms with Gasteiger partial charge >= 0.3 is 0 Å². The summed E-state index contributed by atoms with van der Waals surface area (Å²) >= 11 is 0. The van der Waals surface area contributed by atoms with Crippen LogP contribution in [0.4, 0.5) is 0 Å². The van der Waals surface area contributed by atoms with Gasteiger partial charge in [0.25, 0.3) is 0 Å². The number of rotatable bonds is 8. The monoisotopic (exact) mass is 338 g/mol. The Balaban J connectivity index is 2.23. The number of carbonyl (C=O) groups is 1. The second-order valence-corrected chi connectivity index (χ2v) is 5.94. The zero-order valence-electron chi connectivity index (χ0n) is 15.4. The Labute approximate surface area is 149 Å². The van der Waals surface area contributed by atoms with Crippen LogP contribution >= 0.6 is 0 Å². The number of ketones is 1. The fourth-order valence-electron chi connectivity index (χ4n) is 2.88. The van der Waals surface area contributed by atoms with Gasteiger partial charge < -0.3 is 4.74 Å². The normalized spacial score (nSPS) is 12.3. The van der Waals surface area contributed by atoms with Crippen molar-refractivity contribution >= 4 is 12.0 Å². The van der Waals surface area contributed by atoms with Crippen molar-refractivity contribution in [1.29, 1.82) is 0 Å². The summed E-state index contributed by atoms with van der Waals surface area (Å²) in [5.41, 5.74) is 7.82. The molecule has 0 saturated carbocycles. The number of nitrogens with zero attached hydrogens (tertiary/aromatic N) is 1. The molecule has 0 amide bonds. The van der Waals surface area contributed by atoms with Crippen LogP contribution in [-0.2, 0) is 17.6 Å². The molecule has 0 aliphatic rings. The molecule has 0 radical (unpaired) electrons. The molecule has 0 bridgehead atoms. The van der Waals surface area contributed by atoms with Crippen LogP contribution in [0.3, 0.4) is 0 Å². The molecule has 0 aromatic heterocycles. The predicted molar refractivity (Wildman–Crippen MR) is 102 cm³/mol. The van der Waals surface area contributed by atoms with Gasteiger partial charge in [-0.2, -0.15) is 5.10 Å². The molecule has 1 unspecified atom stereocenters. The lowest BCUT2D eigenvalue weighted by molar-refractivity contribution is 0.0499. The van der Waals surface area contributed by atoms with Gasteiger partial charge in [-0.25, -0.2) is 0 Å². The summed E-state index contributed by atoms with van der Waals surface area (Å²) < 4.78 is 5.36. The third kappa shape index (κ3) is 4.77. The van der Waals surface area contributed by atoms with Crippen LogP contribution in [0.1, 0.15) is 46.5 Å². The molecule has 0 heterocycles. The maximum Gasteiger partial charge on any atom is 0.213 e. The van der Waals surface area contributed by atoms with E-state index in [-0.39, 0.29) is 5.78 Å². The molecule has 2 aromatic rings. The van der Waals surface area contributed by atoms with Crippen LogP contribution in [0.2, 0.25) is 0 Å². The van der Waals surface area contributed by atoms with E-state index in [4.69, 9.17) is 4.74 Å². The van der Waals surface area contributed by atoms with Gasteiger partial charge in [-0.3, -0.25) is 10.2 Å². The summed E-state index contributed by atoms with van der Waals surface area (Å²) in [6.07, 6.45) is 2.48. The van der Waals surface area contributed by atoms with Crippen molar-refractivity contribution in [2.75, 3.05) is 7.11 Å². The lowest BCUT2D eigenvalue weighted by atomic mass is 9.91. The van der Waals surface area contributed by atoms with E-state index in [1.807, 2.05) is 30.3 Å². The fraction of sp³-hybridized carbons (Fsp3) is 0.333. The topological polar surface area (TPSA) is 50.7 Å². The highest BCUT2D eigenvalue weighted by atomic mass is 16.5. The number of hydrogen-bond donors (Lipinski definition) is 1. The quantitative estimate of drug-likeness (QED) is 0.344. The largest absolute Gasteiger partial charge is 0.353 e. The first-order chi connectivity index (χ1) is 12.1. The first kappa shape index (κ1) is 18.9. The molecule has 2 aromatic carbocycles. The molecule has 0 spiro atoms. The Bertz CT molecular complexity index is 714. The van der Waals surface area contributed by atoms with Crippen LogP contribution in [-0.4, -0.2) is 25.3 Å². The minimum atomic E-state index is -0.807. The number of aryl methyl sites for hydroxylation is 3. The standard InChI is InChI=1S/C21H26N2O2/c1-5-17-12-15(3)13-18(6-2)19(17)20(24)21(25-4)23-22-14-16-10-8-7-9-11-16/h7-14,21,23H,5-6H2,1-4H3. The molecule has 132 valence electrons. The van der Waals surface area contributed by atoms with E-state index in [2.05, 4.69) is 43.4 Å². The SMILES string of the molecule is CCc1cc(C)cc(CC)c1C(=O)C(NN=Cc1ccccc1)OC. The highest BCUT2D eigenvalue weighted by Crippen LogP contribution is 2.21. The molecule has 0 fully saturated rings. The third-order valence-corrected chi connectivity index (χ3v) is 4.13. The van der Waals surface area contributed by atoms with E-state index in [0.717, 1.165) is 35.1 Å². The average Bonchev–Trinajstić information content (AvgIpc) is 2.64. The molecule has 1 atom stereocenters. The summed E-state index contributed by atoms with van der Waals surface area (Å²) in [6.45, 7) is 6.18. The van der Waals surface area contributed by atoms with Gasteiger partial charge in [-0.15, -0.1) is 0 Å². The number of benzene rings is 2. The Kier molecular flexibility index (Phi) is 6.90. The summed E-state index contributed by atoms with van der Waals surface area (Å²) in [5, 5.41) is 4.17. The maximum absolute atomic E-state index is 13.0. The van der Waals surface area contributed by atoms with Crippen LogP contribution < -0.4 is 5.43 Å². The van der Waals surface area contributed by atoms with Crippen LogP contribution in [0, 0.1) is 6.92 Å². The van der Waals surface area contributed by atoms with E-state index < -0.39 is 6.23 Å². The minimum Gasteiger partial charge on any atom is -0.353 e. The van der Waals surface area contributed by atoms with E-state index in [1.165, 1.54) is 12.7 Å². The van der Waals surface area contributed by atoms with Crippen molar-refractivity contribution in [3.05, 3.63) is 70.3 Å². The third-order valence-electron chi connectivity index (χ3n) is 4.13. The minimum absolute atomic E-state index is 0.0820. The Hall–Kier alpha value is -2.46. The van der Waals surface area contributed by atoms with Crippen LogP contribution in [0.15, 0.2) is 47.6 Å². The zero-order chi connectivity index (χ0) is 18.2. The number of carbonyl (C=O) groups excluding carboxylic acids is 1. The number of hydrogen-bond acceptors (Lipinski definition) is 4. The number of Topliss-reactive ketones (excluding diaryl/α,β-unsaturated/α-hetero) is 1. The number of nitrogens with one attached hydrogen (secondary N) is 1. The number of ether oxygens (including phenoxy) is 1. The summed E-state index contributed by atoms with van der Waals surface area (Å²) in [6, 6.07) is 13.9. The average molecular weight is 338 g/mol. The summed E-state index contributed by atoms with van der Waals surface area (Å²) in [5.74, 6) is -0.0820. The van der Waals surface area contributed by atoms with E-state index in [9.17, 15) is 4.79 Å². The zero-order valence-corrected chi connectivity index (χ0v) is 15.4. The Morgan fingerprint density at radius 1 is 1.16 bits per heavy atom. The van der Waals surface area contributed by atoms with Crippen LogP contribution in [0.25, 0.3) is 0 Å². The summed E-state index contributed by atoms with van der Waals surface area (Å²) in [4.78, 5) is 13.0.